The summed E-state index contributed by atoms with van der Waals surface area (Å²) in [6, 6.07) is 2.14. The van der Waals surface area contributed by atoms with E-state index in [1.54, 1.807) is 0 Å². The predicted molar refractivity (Wildman–Crippen MR) is 52.6 cm³/mol. The summed E-state index contributed by atoms with van der Waals surface area (Å²) in [6.07, 6.45) is 1.89. The standard InChI is InChI=1S/C10H16N2/c1-7(2)9-5-8(3)12-6-10(9)11-4/h5-7,11H,1-4H3. The first-order chi connectivity index (χ1) is 5.65. The van der Waals surface area contributed by atoms with Crippen molar-refractivity contribution >= 4 is 5.69 Å². The van der Waals surface area contributed by atoms with E-state index in [1.807, 2.05) is 20.2 Å². The van der Waals surface area contributed by atoms with Gasteiger partial charge in [0, 0.05) is 12.7 Å². The van der Waals surface area contributed by atoms with Crippen LogP contribution in [0.3, 0.4) is 0 Å². The Balaban J connectivity index is 3.12. The lowest BCUT2D eigenvalue weighted by atomic mass is 10.0. The fourth-order valence-electron chi connectivity index (χ4n) is 1.27. The Morgan fingerprint density at radius 1 is 1.42 bits per heavy atom. The summed E-state index contributed by atoms with van der Waals surface area (Å²) in [5, 5.41) is 3.14. The summed E-state index contributed by atoms with van der Waals surface area (Å²) in [7, 11) is 1.93. The Bertz CT molecular complexity index is 267. The quantitative estimate of drug-likeness (QED) is 0.726. The molecule has 1 rings (SSSR count). The van der Waals surface area contributed by atoms with E-state index in [0.29, 0.717) is 5.92 Å². The van der Waals surface area contributed by atoms with E-state index in [-0.39, 0.29) is 0 Å². The first kappa shape index (κ1) is 9.04. The number of aryl methyl sites for hydroxylation is 1. The van der Waals surface area contributed by atoms with Crippen LogP contribution in [-0.4, -0.2) is 12.0 Å². The normalized spacial score (nSPS) is 10.4. The van der Waals surface area contributed by atoms with Crippen LogP contribution in [-0.2, 0) is 0 Å². The van der Waals surface area contributed by atoms with Gasteiger partial charge in [-0.3, -0.25) is 4.98 Å². The first-order valence-corrected chi connectivity index (χ1v) is 4.29. The molecule has 0 aliphatic rings. The number of nitrogens with one attached hydrogen (secondary N) is 1. The van der Waals surface area contributed by atoms with Gasteiger partial charge in [-0.05, 0) is 24.5 Å². The van der Waals surface area contributed by atoms with E-state index in [1.165, 1.54) is 5.56 Å². The van der Waals surface area contributed by atoms with Gasteiger partial charge in [-0.1, -0.05) is 13.8 Å². The van der Waals surface area contributed by atoms with E-state index in [4.69, 9.17) is 0 Å². The molecule has 0 saturated carbocycles. The molecule has 66 valence electrons. The Kier molecular flexibility index (Phi) is 2.69. The molecular formula is C10H16N2. The van der Waals surface area contributed by atoms with Crippen molar-refractivity contribution in [2.45, 2.75) is 26.7 Å². The lowest BCUT2D eigenvalue weighted by molar-refractivity contribution is 0.861. The molecule has 0 atom stereocenters. The molecule has 0 saturated heterocycles. The molecule has 0 amide bonds. The van der Waals surface area contributed by atoms with Gasteiger partial charge in [0.15, 0.2) is 0 Å². The lowest BCUT2D eigenvalue weighted by Crippen LogP contribution is -1.99. The Morgan fingerprint density at radius 2 is 2.08 bits per heavy atom. The highest BCUT2D eigenvalue weighted by atomic mass is 14.9. The van der Waals surface area contributed by atoms with Crippen LogP contribution in [0.2, 0.25) is 0 Å². The van der Waals surface area contributed by atoms with Crippen molar-refractivity contribution in [1.29, 1.82) is 0 Å². The largest absolute Gasteiger partial charge is 0.387 e. The molecule has 0 fully saturated rings. The molecule has 0 radical (unpaired) electrons. The van der Waals surface area contributed by atoms with Crippen LogP contribution in [0, 0.1) is 6.92 Å². The number of hydrogen-bond donors (Lipinski definition) is 1. The Labute approximate surface area is 74.0 Å². The van der Waals surface area contributed by atoms with Gasteiger partial charge in [0.25, 0.3) is 0 Å². The van der Waals surface area contributed by atoms with Gasteiger partial charge >= 0.3 is 0 Å². The van der Waals surface area contributed by atoms with Crippen LogP contribution < -0.4 is 5.32 Å². The summed E-state index contributed by atoms with van der Waals surface area (Å²) in [5.74, 6) is 0.550. The highest BCUT2D eigenvalue weighted by Crippen LogP contribution is 2.23. The van der Waals surface area contributed by atoms with E-state index >= 15 is 0 Å². The van der Waals surface area contributed by atoms with Crippen LogP contribution in [0.1, 0.15) is 31.0 Å². The minimum atomic E-state index is 0.550. The topological polar surface area (TPSA) is 24.9 Å². The molecule has 1 N–H and O–H groups in total. The van der Waals surface area contributed by atoms with Crippen molar-refractivity contribution in [3.63, 3.8) is 0 Å². The van der Waals surface area contributed by atoms with Gasteiger partial charge in [0.2, 0.25) is 0 Å². The molecule has 0 aliphatic heterocycles. The molecule has 1 aromatic heterocycles. The van der Waals surface area contributed by atoms with Crippen molar-refractivity contribution in [2.75, 3.05) is 12.4 Å². The summed E-state index contributed by atoms with van der Waals surface area (Å²) in [5.41, 5.74) is 3.55. The smallest absolute Gasteiger partial charge is 0.0559 e. The van der Waals surface area contributed by atoms with Gasteiger partial charge in [-0.2, -0.15) is 0 Å². The Morgan fingerprint density at radius 3 is 2.58 bits per heavy atom. The maximum atomic E-state index is 4.23. The molecule has 1 heterocycles. The molecule has 0 aliphatic carbocycles. The maximum Gasteiger partial charge on any atom is 0.0559 e. The second-order valence-electron chi connectivity index (χ2n) is 3.32. The van der Waals surface area contributed by atoms with Crippen molar-refractivity contribution in [3.05, 3.63) is 23.5 Å². The van der Waals surface area contributed by atoms with E-state index < -0.39 is 0 Å². The van der Waals surface area contributed by atoms with Gasteiger partial charge in [-0.25, -0.2) is 0 Å². The van der Waals surface area contributed by atoms with Crippen molar-refractivity contribution < 1.29 is 0 Å². The van der Waals surface area contributed by atoms with Gasteiger partial charge in [0.1, 0.15) is 0 Å². The third-order valence-corrected chi connectivity index (χ3v) is 1.96. The summed E-state index contributed by atoms with van der Waals surface area (Å²) >= 11 is 0. The highest BCUT2D eigenvalue weighted by Gasteiger charge is 2.05. The molecule has 0 unspecified atom stereocenters. The third-order valence-electron chi connectivity index (χ3n) is 1.96. The zero-order valence-corrected chi connectivity index (χ0v) is 8.18. The van der Waals surface area contributed by atoms with Crippen LogP contribution in [0.4, 0.5) is 5.69 Å². The van der Waals surface area contributed by atoms with E-state index in [9.17, 15) is 0 Å². The second-order valence-corrected chi connectivity index (χ2v) is 3.32. The first-order valence-electron chi connectivity index (χ1n) is 4.29. The average molecular weight is 164 g/mol. The summed E-state index contributed by atoms with van der Waals surface area (Å²) in [4.78, 5) is 4.23. The highest BCUT2D eigenvalue weighted by molar-refractivity contribution is 5.50. The molecule has 0 bridgehead atoms. The van der Waals surface area contributed by atoms with Crippen molar-refractivity contribution in [3.8, 4) is 0 Å². The SMILES string of the molecule is CNc1cnc(C)cc1C(C)C. The fraction of sp³-hybridized carbons (Fsp3) is 0.500. The Hall–Kier alpha value is -1.05. The molecule has 2 nitrogen and oxygen atoms in total. The van der Waals surface area contributed by atoms with Gasteiger partial charge < -0.3 is 5.32 Å². The number of nitrogens with zero attached hydrogens (tertiary/aromatic N) is 1. The van der Waals surface area contributed by atoms with Crippen molar-refractivity contribution in [2.24, 2.45) is 0 Å². The van der Waals surface area contributed by atoms with E-state index in [2.05, 4.69) is 30.2 Å². The third kappa shape index (κ3) is 1.76. The molecule has 1 aromatic rings. The lowest BCUT2D eigenvalue weighted by Gasteiger charge is -2.12. The van der Waals surface area contributed by atoms with Crippen LogP contribution in [0.15, 0.2) is 12.3 Å². The van der Waals surface area contributed by atoms with Crippen LogP contribution >= 0.6 is 0 Å². The molecule has 0 spiro atoms. The minimum absolute atomic E-state index is 0.550. The fourth-order valence-corrected chi connectivity index (χ4v) is 1.27. The van der Waals surface area contributed by atoms with E-state index in [0.717, 1.165) is 11.4 Å². The number of aromatic nitrogens is 1. The summed E-state index contributed by atoms with van der Waals surface area (Å²) < 4.78 is 0. The number of rotatable bonds is 2. The molecule has 12 heavy (non-hydrogen) atoms. The van der Waals surface area contributed by atoms with Gasteiger partial charge in [-0.15, -0.1) is 0 Å². The minimum Gasteiger partial charge on any atom is -0.387 e. The van der Waals surface area contributed by atoms with Gasteiger partial charge in [0.05, 0.1) is 11.9 Å². The molecule has 2 heteroatoms. The maximum absolute atomic E-state index is 4.23. The number of anilines is 1. The molecule has 0 aromatic carbocycles. The number of pyridine rings is 1. The predicted octanol–water partition coefficient (Wildman–Crippen LogP) is 2.56. The van der Waals surface area contributed by atoms with Crippen LogP contribution in [0.5, 0.6) is 0 Å². The summed E-state index contributed by atoms with van der Waals surface area (Å²) in [6.45, 7) is 6.40. The zero-order valence-electron chi connectivity index (χ0n) is 8.18. The molecular weight excluding hydrogens is 148 g/mol. The van der Waals surface area contributed by atoms with Crippen molar-refractivity contribution in [1.82, 2.24) is 4.98 Å². The second kappa shape index (κ2) is 3.57. The van der Waals surface area contributed by atoms with Crippen LogP contribution in [0.25, 0.3) is 0 Å². The number of hydrogen-bond acceptors (Lipinski definition) is 2. The average Bonchev–Trinajstić information content (AvgIpc) is 2.04. The monoisotopic (exact) mass is 164 g/mol. The zero-order chi connectivity index (χ0) is 9.14.